The average Bonchev–Trinajstić information content (AvgIpc) is 2.27. The lowest BCUT2D eigenvalue weighted by molar-refractivity contribution is 0.570. The molecule has 5 nitrogen and oxygen atoms in total. The topological polar surface area (TPSA) is 75.3 Å². The van der Waals surface area contributed by atoms with Crippen molar-refractivity contribution in [3.63, 3.8) is 0 Å². The maximum absolute atomic E-state index is 12.0. The number of hydrogen-bond donors (Lipinski definition) is 2. The summed E-state index contributed by atoms with van der Waals surface area (Å²) < 4.78 is 37.5. The van der Waals surface area contributed by atoms with Gasteiger partial charge in [0.05, 0.1) is 4.90 Å². The van der Waals surface area contributed by atoms with E-state index in [2.05, 4.69) is 10.0 Å². The third kappa shape index (κ3) is 4.40. The van der Waals surface area contributed by atoms with E-state index < -0.39 is 20.8 Å². The van der Waals surface area contributed by atoms with E-state index in [0.29, 0.717) is 5.75 Å². The second-order valence-corrected chi connectivity index (χ2v) is 7.23. The predicted molar refractivity (Wildman–Crippen MR) is 74.7 cm³/mol. The van der Waals surface area contributed by atoms with Crippen LogP contribution in [0.5, 0.6) is 0 Å². The molecule has 0 amide bonds. The minimum Gasteiger partial charge on any atom is -0.388 e. The molecule has 2 N–H and O–H groups in total. The minimum absolute atomic E-state index is 0.204. The highest BCUT2D eigenvalue weighted by Gasteiger charge is 2.17. The Bertz CT molecular complexity index is 512. The molecule has 7 heteroatoms. The Morgan fingerprint density at radius 3 is 2.28 bits per heavy atom. The third-order valence-corrected chi connectivity index (χ3v) is 4.87. The van der Waals surface area contributed by atoms with Crippen LogP contribution in [-0.4, -0.2) is 37.7 Å². The fourth-order valence-electron chi connectivity index (χ4n) is 1.52. The largest absolute Gasteiger partial charge is 0.388 e. The highest BCUT2D eigenvalue weighted by molar-refractivity contribution is 7.89. The number of anilines is 1. The lowest BCUT2D eigenvalue weighted by Crippen LogP contribution is -2.36. The zero-order valence-corrected chi connectivity index (χ0v) is 12.3. The molecular weight excluding hydrogens is 272 g/mol. The first-order valence-corrected chi connectivity index (χ1v) is 8.66. The Morgan fingerprint density at radius 2 is 1.83 bits per heavy atom. The van der Waals surface area contributed by atoms with Gasteiger partial charge in [-0.05, 0) is 31.2 Å². The highest BCUT2D eigenvalue weighted by atomic mass is 32.2. The lowest BCUT2D eigenvalue weighted by Gasteiger charge is -2.13. The molecule has 0 bridgehead atoms. The fourth-order valence-corrected chi connectivity index (χ4v) is 3.66. The van der Waals surface area contributed by atoms with Crippen molar-refractivity contribution in [2.75, 3.05) is 24.4 Å². The van der Waals surface area contributed by atoms with Gasteiger partial charge >= 0.3 is 0 Å². The van der Waals surface area contributed by atoms with Crippen LogP contribution < -0.4 is 10.0 Å². The number of hydrogen-bond acceptors (Lipinski definition) is 4. The van der Waals surface area contributed by atoms with Crippen LogP contribution in [0.25, 0.3) is 0 Å². The van der Waals surface area contributed by atoms with Gasteiger partial charge in [-0.2, -0.15) is 0 Å². The Hall–Kier alpha value is -0.920. The van der Waals surface area contributed by atoms with E-state index in [0.717, 1.165) is 5.69 Å². The van der Waals surface area contributed by atoms with Crippen LogP contribution in [0.3, 0.4) is 0 Å². The molecule has 0 fully saturated rings. The first kappa shape index (κ1) is 15.1. The van der Waals surface area contributed by atoms with Gasteiger partial charge in [-0.1, -0.05) is 0 Å². The van der Waals surface area contributed by atoms with Crippen LogP contribution in [0.2, 0.25) is 0 Å². The van der Waals surface area contributed by atoms with Crippen LogP contribution >= 0.6 is 0 Å². The molecule has 1 aromatic carbocycles. The quantitative estimate of drug-likeness (QED) is 0.811. The smallest absolute Gasteiger partial charge is 0.240 e. The van der Waals surface area contributed by atoms with E-state index >= 15 is 0 Å². The fraction of sp³-hybridized carbons (Fsp3) is 0.455. The van der Waals surface area contributed by atoms with Crippen molar-refractivity contribution in [3.05, 3.63) is 24.3 Å². The molecule has 1 aromatic rings. The van der Waals surface area contributed by atoms with E-state index in [9.17, 15) is 12.6 Å². The van der Waals surface area contributed by atoms with Crippen molar-refractivity contribution in [1.82, 2.24) is 4.72 Å². The summed E-state index contributed by atoms with van der Waals surface area (Å²) in [6, 6.07) is 6.09. The summed E-state index contributed by atoms with van der Waals surface area (Å²) in [7, 11) is -2.81. The molecule has 0 heterocycles. The second-order valence-electron chi connectivity index (χ2n) is 4.04. The van der Waals surface area contributed by atoms with Crippen LogP contribution in [0.15, 0.2) is 29.2 Å². The SMILES string of the molecule is CNc1ccc(S(=O)(=O)NC(C)CS(C)=O)cc1. The van der Waals surface area contributed by atoms with Crippen molar-refractivity contribution in [1.29, 1.82) is 0 Å². The van der Waals surface area contributed by atoms with E-state index in [1.54, 1.807) is 32.4 Å². The summed E-state index contributed by atoms with van der Waals surface area (Å²) >= 11 is 0. The van der Waals surface area contributed by atoms with Gasteiger partial charge in [0.2, 0.25) is 10.0 Å². The number of benzene rings is 1. The van der Waals surface area contributed by atoms with E-state index in [1.807, 2.05) is 0 Å². The molecule has 2 unspecified atom stereocenters. The minimum atomic E-state index is -3.54. The molecule has 2 atom stereocenters. The number of rotatable bonds is 6. The second kappa shape index (κ2) is 6.31. The van der Waals surface area contributed by atoms with Gasteiger partial charge in [-0.3, -0.25) is 4.21 Å². The van der Waals surface area contributed by atoms with Crippen LogP contribution in [0.4, 0.5) is 5.69 Å². The summed E-state index contributed by atoms with van der Waals surface area (Å²) in [5.41, 5.74) is 0.844. The molecule has 0 spiro atoms. The molecule has 0 aromatic heterocycles. The van der Waals surface area contributed by atoms with Crippen molar-refractivity contribution >= 4 is 26.5 Å². The zero-order valence-electron chi connectivity index (χ0n) is 10.6. The summed E-state index contributed by atoms with van der Waals surface area (Å²) in [4.78, 5) is 0.204. The molecule has 0 saturated heterocycles. The maximum atomic E-state index is 12.0. The molecule has 1 rings (SSSR count). The van der Waals surface area contributed by atoms with Gasteiger partial charge in [-0.15, -0.1) is 0 Å². The molecule has 0 radical (unpaired) electrons. The van der Waals surface area contributed by atoms with Gasteiger partial charge in [0, 0.05) is 41.6 Å². The molecule has 18 heavy (non-hydrogen) atoms. The van der Waals surface area contributed by atoms with Gasteiger partial charge in [0.1, 0.15) is 0 Å². The van der Waals surface area contributed by atoms with Crippen LogP contribution in [0, 0.1) is 0 Å². The van der Waals surface area contributed by atoms with E-state index in [4.69, 9.17) is 0 Å². The van der Waals surface area contributed by atoms with Gasteiger partial charge in [0.25, 0.3) is 0 Å². The van der Waals surface area contributed by atoms with Crippen molar-refractivity contribution in [2.24, 2.45) is 0 Å². The monoisotopic (exact) mass is 290 g/mol. The summed E-state index contributed by atoms with van der Waals surface area (Å²) in [6.45, 7) is 1.70. The standard InChI is InChI=1S/C11H18N2O3S2/c1-9(8-17(3)14)13-18(15,16)11-6-4-10(12-2)5-7-11/h4-7,9,12-13H,8H2,1-3H3. The maximum Gasteiger partial charge on any atom is 0.240 e. The average molecular weight is 290 g/mol. The van der Waals surface area contributed by atoms with Crippen LogP contribution in [0.1, 0.15) is 6.92 Å². The van der Waals surface area contributed by atoms with Crippen molar-refractivity contribution in [2.45, 2.75) is 17.9 Å². The van der Waals surface area contributed by atoms with E-state index in [1.165, 1.54) is 12.1 Å². The molecule has 0 aliphatic rings. The first-order chi connectivity index (χ1) is 8.35. The number of nitrogens with one attached hydrogen (secondary N) is 2. The van der Waals surface area contributed by atoms with Gasteiger partial charge in [-0.25, -0.2) is 13.1 Å². The molecule has 0 aliphatic carbocycles. The van der Waals surface area contributed by atoms with Gasteiger partial charge < -0.3 is 5.32 Å². The predicted octanol–water partition coefficient (Wildman–Crippen LogP) is 0.774. The molecule has 102 valence electrons. The van der Waals surface area contributed by atoms with Crippen LogP contribution in [-0.2, 0) is 20.8 Å². The zero-order chi connectivity index (χ0) is 13.8. The number of sulfonamides is 1. The van der Waals surface area contributed by atoms with Gasteiger partial charge in [0.15, 0.2) is 0 Å². The Morgan fingerprint density at radius 1 is 1.28 bits per heavy atom. The van der Waals surface area contributed by atoms with Crippen molar-refractivity contribution < 1.29 is 12.6 Å². The van der Waals surface area contributed by atoms with E-state index in [-0.39, 0.29) is 10.9 Å². The highest BCUT2D eigenvalue weighted by Crippen LogP contribution is 2.13. The Balaban J connectivity index is 2.82. The van der Waals surface area contributed by atoms with Crippen molar-refractivity contribution in [3.8, 4) is 0 Å². The first-order valence-electron chi connectivity index (χ1n) is 5.45. The Kier molecular flexibility index (Phi) is 5.30. The molecule has 0 aliphatic heterocycles. The molecular formula is C11H18N2O3S2. The third-order valence-electron chi connectivity index (χ3n) is 2.29. The normalized spacial score (nSPS) is 15.1. The summed E-state index contributed by atoms with van der Waals surface area (Å²) in [5.74, 6) is 0.299. The summed E-state index contributed by atoms with van der Waals surface area (Å²) in [6.07, 6.45) is 1.55. The molecule has 0 saturated carbocycles. The Labute approximate surface area is 110 Å². The lowest BCUT2D eigenvalue weighted by atomic mass is 10.3. The summed E-state index contributed by atoms with van der Waals surface area (Å²) in [5, 5.41) is 2.92.